The summed E-state index contributed by atoms with van der Waals surface area (Å²) in [5, 5.41) is 2.97. The fourth-order valence-corrected chi connectivity index (χ4v) is 3.32. The Hall–Kier alpha value is -2.92. The first-order valence-corrected chi connectivity index (χ1v) is 10.1. The van der Waals surface area contributed by atoms with E-state index in [1.165, 1.54) is 5.56 Å². The van der Waals surface area contributed by atoms with E-state index < -0.39 is 0 Å². The van der Waals surface area contributed by atoms with Crippen molar-refractivity contribution < 1.29 is 4.79 Å². The number of para-hydroxylation sites is 2. The van der Waals surface area contributed by atoms with Crippen LogP contribution in [0.5, 0.6) is 0 Å². The van der Waals surface area contributed by atoms with E-state index in [1.807, 2.05) is 55.5 Å². The molecule has 0 spiro atoms. The molecule has 0 fully saturated rings. The number of carbonyl (C=O) groups is 1. The van der Waals surface area contributed by atoms with E-state index in [4.69, 9.17) is 4.98 Å². The predicted molar refractivity (Wildman–Crippen MR) is 120 cm³/mol. The second-order valence-corrected chi connectivity index (χ2v) is 7.61. The third-order valence-electron chi connectivity index (χ3n) is 4.87. The second-order valence-electron chi connectivity index (χ2n) is 7.61. The summed E-state index contributed by atoms with van der Waals surface area (Å²) in [6.07, 6.45) is 5.20. The molecule has 5 heteroatoms. The molecule has 3 aromatic rings. The standard InChI is InChI=1S/C24H30N4O/c1-19-9-11-20(12-10-19)13-14-24(29)25-16-15-23-26-21-7-4-5-8-22(21)28(23)18-6-17-27(2)3/h4-5,7-14H,6,15-18H2,1-3H3,(H,25,29)/b14-13+. The van der Waals surface area contributed by atoms with Gasteiger partial charge in [-0.3, -0.25) is 4.79 Å². The van der Waals surface area contributed by atoms with Crippen molar-refractivity contribution in [3.05, 3.63) is 71.6 Å². The van der Waals surface area contributed by atoms with Crippen LogP contribution < -0.4 is 5.32 Å². The van der Waals surface area contributed by atoms with Gasteiger partial charge in [0.1, 0.15) is 5.82 Å². The van der Waals surface area contributed by atoms with E-state index >= 15 is 0 Å². The topological polar surface area (TPSA) is 50.2 Å². The molecule has 0 aliphatic carbocycles. The van der Waals surface area contributed by atoms with Crippen LogP contribution in [-0.4, -0.2) is 47.5 Å². The summed E-state index contributed by atoms with van der Waals surface area (Å²) in [5.41, 5.74) is 4.40. The summed E-state index contributed by atoms with van der Waals surface area (Å²) >= 11 is 0. The molecule has 1 aromatic heterocycles. The van der Waals surface area contributed by atoms with Gasteiger partial charge in [0, 0.05) is 25.6 Å². The van der Waals surface area contributed by atoms with E-state index in [0.29, 0.717) is 13.0 Å². The molecule has 0 aliphatic rings. The number of hydrogen-bond acceptors (Lipinski definition) is 3. The van der Waals surface area contributed by atoms with Gasteiger partial charge in [0.05, 0.1) is 11.0 Å². The second kappa shape index (κ2) is 10.0. The van der Waals surface area contributed by atoms with Crippen molar-refractivity contribution in [3.8, 4) is 0 Å². The van der Waals surface area contributed by atoms with Gasteiger partial charge in [0.2, 0.25) is 5.91 Å². The maximum absolute atomic E-state index is 12.1. The number of amides is 1. The largest absolute Gasteiger partial charge is 0.352 e. The number of benzene rings is 2. The van der Waals surface area contributed by atoms with Crippen molar-refractivity contribution in [2.45, 2.75) is 26.3 Å². The summed E-state index contributed by atoms with van der Waals surface area (Å²) in [6.45, 7) is 4.57. The molecular formula is C24H30N4O. The number of nitrogens with zero attached hydrogens (tertiary/aromatic N) is 3. The molecule has 0 bridgehead atoms. The van der Waals surface area contributed by atoms with Crippen LogP contribution in [0.3, 0.4) is 0 Å². The number of hydrogen-bond donors (Lipinski definition) is 1. The lowest BCUT2D eigenvalue weighted by Crippen LogP contribution is -2.24. The Bertz CT molecular complexity index is 970. The first kappa shape index (κ1) is 20.8. The summed E-state index contributed by atoms with van der Waals surface area (Å²) < 4.78 is 2.28. The predicted octanol–water partition coefficient (Wildman–Crippen LogP) is 3.67. The zero-order valence-electron chi connectivity index (χ0n) is 17.6. The maximum atomic E-state index is 12.1. The van der Waals surface area contributed by atoms with Gasteiger partial charge in [-0.05, 0) is 57.8 Å². The Kier molecular flexibility index (Phi) is 7.19. The fraction of sp³-hybridized carbons (Fsp3) is 0.333. The minimum absolute atomic E-state index is 0.0826. The Labute approximate surface area is 173 Å². The molecule has 3 rings (SSSR count). The van der Waals surface area contributed by atoms with Crippen LogP contribution in [0.4, 0.5) is 0 Å². The van der Waals surface area contributed by atoms with Crippen molar-refractivity contribution in [1.29, 1.82) is 0 Å². The minimum atomic E-state index is -0.0826. The van der Waals surface area contributed by atoms with Crippen LogP contribution in [0.1, 0.15) is 23.4 Å². The van der Waals surface area contributed by atoms with Gasteiger partial charge < -0.3 is 14.8 Å². The van der Waals surface area contributed by atoms with Gasteiger partial charge in [-0.1, -0.05) is 42.0 Å². The van der Waals surface area contributed by atoms with E-state index in [0.717, 1.165) is 41.9 Å². The summed E-state index contributed by atoms with van der Waals surface area (Å²) in [7, 11) is 4.18. The first-order chi connectivity index (χ1) is 14.0. The zero-order chi connectivity index (χ0) is 20.6. The van der Waals surface area contributed by atoms with Crippen molar-refractivity contribution >= 4 is 23.0 Å². The summed E-state index contributed by atoms with van der Waals surface area (Å²) in [5.74, 6) is 0.939. The lowest BCUT2D eigenvalue weighted by atomic mass is 10.1. The highest BCUT2D eigenvalue weighted by atomic mass is 16.1. The molecule has 0 unspecified atom stereocenters. The quantitative estimate of drug-likeness (QED) is 0.567. The van der Waals surface area contributed by atoms with Crippen LogP contribution in [0.2, 0.25) is 0 Å². The number of fused-ring (bicyclic) bond motifs is 1. The number of carbonyl (C=O) groups excluding carboxylic acids is 1. The monoisotopic (exact) mass is 390 g/mol. The number of nitrogens with one attached hydrogen (secondary N) is 1. The van der Waals surface area contributed by atoms with Crippen molar-refractivity contribution in [2.75, 3.05) is 27.2 Å². The molecule has 2 aromatic carbocycles. The van der Waals surface area contributed by atoms with Gasteiger partial charge >= 0.3 is 0 Å². The first-order valence-electron chi connectivity index (χ1n) is 10.1. The molecule has 0 atom stereocenters. The Morgan fingerprint density at radius 2 is 1.90 bits per heavy atom. The molecule has 1 N–H and O–H groups in total. The van der Waals surface area contributed by atoms with Crippen LogP contribution in [0.25, 0.3) is 17.1 Å². The van der Waals surface area contributed by atoms with Gasteiger partial charge in [0.15, 0.2) is 0 Å². The summed E-state index contributed by atoms with van der Waals surface area (Å²) in [4.78, 5) is 19.1. The molecule has 0 saturated carbocycles. The fourth-order valence-electron chi connectivity index (χ4n) is 3.32. The number of imidazole rings is 1. The average Bonchev–Trinajstić information content (AvgIpc) is 3.05. The smallest absolute Gasteiger partial charge is 0.244 e. The number of aryl methyl sites for hydroxylation is 2. The number of aromatic nitrogens is 2. The number of rotatable bonds is 9. The third-order valence-corrected chi connectivity index (χ3v) is 4.87. The molecule has 0 saturated heterocycles. The normalized spacial score (nSPS) is 11.6. The zero-order valence-corrected chi connectivity index (χ0v) is 17.6. The molecule has 0 aliphatic heterocycles. The highest BCUT2D eigenvalue weighted by Crippen LogP contribution is 2.17. The molecule has 1 heterocycles. The molecule has 1 amide bonds. The van der Waals surface area contributed by atoms with Crippen molar-refractivity contribution in [2.24, 2.45) is 0 Å². The molecule has 152 valence electrons. The van der Waals surface area contributed by atoms with Crippen molar-refractivity contribution in [1.82, 2.24) is 19.8 Å². The van der Waals surface area contributed by atoms with Gasteiger partial charge in [0.25, 0.3) is 0 Å². The molecule has 29 heavy (non-hydrogen) atoms. The van der Waals surface area contributed by atoms with Crippen molar-refractivity contribution in [3.63, 3.8) is 0 Å². The van der Waals surface area contributed by atoms with Gasteiger partial charge in [-0.15, -0.1) is 0 Å². The molecule has 5 nitrogen and oxygen atoms in total. The van der Waals surface area contributed by atoms with Crippen LogP contribution >= 0.6 is 0 Å². The Morgan fingerprint density at radius 3 is 2.66 bits per heavy atom. The highest BCUT2D eigenvalue weighted by Gasteiger charge is 2.10. The average molecular weight is 391 g/mol. The van der Waals surface area contributed by atoms with E-state index in [1.54, 1.807) is 6.08 Å². The third kappa shape index (κ3) is 6.03. The Balaban J connectivity index is 1.59. The van der Waals surface area contributed by atoms with Crippen LogP contribution in [0.15, 0.2) is 54.6 Å². The Morgan fingerprint density at radius 1 is 1.14 bits per heavy atom. The molecule has 0 radical (unpaired) electrons. The van der Waals surface area contributed by atoms with Crippen LogP contribution in [0, 0.1) is 6.92 Å². The SMILES string of the molecule is Cc1ccc(/C=C/C(=O)NCCc2nc3ccccc3n2CCCN(C)C)cc1. The lowest BCUT2D eigenvalue weighted by Gasteiger charge is -2.12. The summed E-state index contributed by atoms with van der Waals surface area (Å²) in [6, 6.07) is 16.3. The molecular weight excluding hydrogens is 360 g/mol. The minimum Gasteiger partial charge on any atom is -0.352 e. The van der Waals surface area contributed by atoms with E-state index in [9.17, 15) is 4.79 Å². The van der Waals surface area contributed by atoms with E-state index in [-0.39, 0.29) is 5.91 Å². The lowest BCUT2D eigenvalue weighted by molar-refractivity contribution is -0.116. The van der Waals surface area contributed by atoms with Gasteiger partial charge in [-0.2, -0.15) is 0 Å². The van der Waals surface area contributed by atoms with Gasteiger partial charge in [-0.25, -0.2) is 4.98 Å². The van der Waals surface area contributed by atoms with Crippen LogP contribution in [-0.2, 0) is 17.8 Å². The highest BCUT2D eigenvalue weighted by molar-refractivity contribution is 5.91. The maximum Gasteiger partial charge on any atom is 0.244 e. The van der Waals surface area contributed by atoms with E-state index in [2.05, 4.69) is 34.9 Å².